The zero-order chi connectivity index (χ0) is 28.8. The molecule has 0 aromatic carbocycles. The number of ketones is 2. The number of allylic oxidation sites excluding steroid dienone is 2. The summed E-state index contributed by atoms with van der Waals surface area (Å²) < 4.78 is 6.06. The summed E-state index contributed by atoms with van der Waals surface area (Å²) >= 11 is 0. The number of nitrogens with zero attached hydrogens (tertiary/aromatic N) is 4. The van der Waals surface area contributed by atoms with E-state index in [1.54, 1.807) is 19.1 Å². The van der Waals surface area contributed by atoms with Crippen LogP contribution < -0.4 is 11.5 Å². The molecule has 0 aromatic heterocycles. The molecule has 2 fully saturated rings. The smallest absolute Gasteiger partial charge is 0.211 e. The summed E-state index contributed by atoms with van der Waals surface area (Å²) in [6.07, 6.45) is 10.4. The lowest BCUT2D eigenvalue weighted by Crippen LogP contribution is -2.30. The monoisotopic (exact) mass is 542 g/mol. The standard InChI is InChI=1S/C29H46N6O4/c1-5-9-22(29(31)23-11-6-7-12-26(23)37)27(38)18-34-28(39-19-21-10-8-15-35(21)4)16-25(32-3)24(30)13-14-33-17-20(2)36/h13-14,16,20-21,23,36H,3,5-12,15,17-19,30-31H2,1-2,4H3/b24-13-,25-16-,29-22-,33-14?,34-28?/t20-,21?,23-/m0/s1. The first-order chi connectivity index (χ1) is 18.7. The van der Waals surface area contributed by atoms with Crippen LogP contribution in [0, 0.1) is 5.92 Å². The van der Waals surface area contributed by atoms with E-state index in [-0.39, 0.29) is 42.3 Å². The van der Waals surface area contributed by atoms with Crippen LogP contribution in [0.5, 0.6) is 0 Å². The Balaban J connectivity index is 2.31. The highest BCUT2D eigenvalue weighted by atomic mass is 16.5. The Kier molecular flexibility index (Phi) is 13.8. The second kappa shape index (κ2) is 16.8. The molecule has 1 saturated heterocycles. The van der Waals surface area contributed by atoms with Crippen molar-refractivity contribution in [2.75, 3.05) is 33.3 Å². The number of nitrogens with two attached hydrogens (primary N) is 2. The van der Waals surface area contributed by atoms with Crippen molar-refractivity contribution in [2.24, 2.45) is 32.4 Å². The maximum atomic E-state index is 13.3. The molecule has 2 rings (SSSR count). The fraction of sp³-hybridized carbons (Fsp3) is 0.621. The number of ether oxygens (including phenoxy) is 1. The fourth-order valence-corrected chi connectivity index (χ4v) is 4.74. The minimum atomic E-state index is -0.557. The van der Waals surface area contributed by atoms with Gasteiger partial charge in [0.05, 0.1) is 30.0 Å². The van der Waals surface area contributed by atoms with Crippen LogP contribution >= 0.6 is 0 Å². The second-order valence-electron chi connectivity index (χ2n) is 10.3. The summed E-state index contributed by atoms with van der Waals surface area (Å²) in [7, 11) is 2.05. The van der Waals surface area contributed by atoms with E-state index >= 15 is 0 Å². The number of rotatable bonds is 14. The molecule has 1 aliphatic heterocycles. The van der Waals surface area contributed by atoms with E-state index in [2.05, 4.69) is 33.6 Å². The van der Waals surface area contributed by atoms with Gasteiger partial charge in [0.2, 0.25) is 5.90 Å². The maximum absolute atomic E-state index is 13.3. The van der Waals surface area contributed by atoms with Gasteiger partial charge in [-0.1, -0.05) is 19.8 Å². The normalized spacial score (nSPS) is 23.2. The van der Waals surface area contributed by atoms with Gasteiger partial charge in [0, 0.05) is 36.0 Å². The van der Waals surface area contributed by atoms with Gasteiger partial charge in [0.1, 0.15) is 18.9 Å². The lowest BCUT2D eigenvalue weighted by atomic mass is 9.83. The van der Waals surface area contributed by atoms with Crippen molar-refractivity contribution in [3.8, 4) is 0 Å². The van der Waals surface area contributed by atoms with Gasteiger partial charge in [-0.2, -0.15) is 0 Å². The number of carbonyl (C=O) groups excluding carboxylic acids is 2. The number of hydrogen-bond acceptors (Lipinski definition) is 10. The summed E-state index contributed by atoms with van der Waals surface area (Å²) in [6, 6.07) is 0.239. The molecule has 0 spiro atoms. The van der Waals surface area contributed by atoms with Crippen molar-refractivity contribution < 1.29 is 19.4 Å². The third kappa shape index (κ3) is 10.5. The highest BCUT2D eigenvalue weighted by Crippen LogP contribution is 2.28. The maximum Gasteiger partial charge on any atom is 0.211 e. The molecule has 10 nitrogen and oxygen atoms in total. The van der Waals surface area contributed by atoms with Crippen LogP contribution in [0.25, 0.3) is 0 Å². The number of likely N-dealkylation sites (tertiary alicyclic amines) is 1. The molecule has 2 aliphatic rings. The highest BCUT2D eigenvalue weighted by Gasteiger charge is 2.28. The lowest BCUT2D eigenvalue weighted by molar-refractivity contribution is -0.123. The van der Waals surface area contributed by atoms with Crippen LogP contribution in [0.3, 0.4) is 0 Å². The van der Waals surface area contributed by atoms with E-state index in [0.29, 0.717) is 42.8 Å². The van der Waals surface area contributed by atoms with Gasteiger partial charge < -0.3 is 26.2 Å². The Labute approximate surface area is 232 Å². The molecule has 1 saturated carbocycles. The first-order valence-electron chi connectivity index (χ1n) is 13.9. The number of likely N-dealkylation sites (N-methyl/N-ethyl adjacent to an activating group) is 1. The minimum Gasteiger partial charge on any atom is -0.476 e. The van der Waals surface area contributed by atoms with Crippen molar-refractivity contribution >= 4 is 30.4 Å². The molecule has 0 amide bonds. The zero-order valence-electron chi connectivity index (χ0n) is 23.8. The van der Waals surface area contributed by atoms with Gasteiger partial charge in [-0.15, -0.1) is 0 Å². The van der Waals surface area contributed by atoms with Gasteiger partial charge in [-0.3, -0.25) is 19.6 Å². The van der Waals surface area contributed by atoms with Crippen molar-refractivity contribution in [3.05, 3.63) is 34.8 Å². The molecule has 5 N–H and O–H groups in total. The van der Waals surface area contributed by atoms with Crippen LogP contribution in [0.4, 0.5) is 0 Å². The van der Waals surface area contributed by atoms with Crippen LogP contribution in [-0.4, -0.2) is 85.8 Å². The molecule has 216 valence electrons. The van der Waals surface area contributed by atoms with E-state index in [0.717, 1.165) is 38.6 Å². The number of hydrogen-bond donors (Lipinski definition) is 3. The molecule has 0 aromatic rings. The largest absolute Gasteiger partial charge is 0.476 e. The summed E-state index contributed by atoms with van der Waals surface area (Å²) in [4.78, 5) is 40.6. The predicted octanol–water partition coefficient (Wildman–Crippen LogP) is 2.72. The predicted molar refractivity (Wildman–Crippen MR) is 157 cm³/mol. The summed E-state index contributed by atoms with van der Waals surface area (Å²) in [5.41, 5.74) is 14.1. The average Bonchev–Trinajstić information content (AvgIpc) is 3.33. The molecule has 0 bridgehead atoms. The molecule has 1 heterocycles. The van der Waals surface area contributed by atoms with Crippen LogP contribution in [0.15, 0.2) is 49.8 Å². The molecule has 0 radical (unpaired) electrons. The zero-order valence-corrected chi connectivity index (χ0v) is 23.8. The third-order valence-corrected chi connectivity index (χ3v) is 7.04. The van der Waals surface area contributed by atoms with Crippen LogP contribution in [0.2, 0.25) is 0 Å². The van der Waals surface area contributed by atoms with Crippen molar-refractivity contribution in [2.45, 2.75) is 77.4 Å². The Morgan fingerprint density at radius 1 is 1.28 bits per heavy atom. The Bertz CT molecular complexity index is 1010. The summed E-state index contributed by atoms with van der Waals surface area (Å²) in [5, 5.41) is 9.36. The quantitative estimate of drug-likeness (QED) is 0.132. The molecule has 1 unspecified atom stereocenters. The van der Waals surface area contributed by atoms with Gasteiger partial charge in [-0.05, 0) is 65.4 Å². The number of aliphatic hydroxyl groups excluding tert-OH is 1. The first-order valence-corrected chi connectivity index (χ1v) is 13.9. The number of aliphatic hydroxyl groups is 1. The molecule has 39 heavy (non-hydrogen) atoms. The second-order valence-corrected chi connectivity index (χ2v) is 10.3. The van der Waals surface area contributed by atoms with Crippen molar-refractivity contribution in [1.82, 2.24) is 4.90 Å². The Morgan fingerprint density at radius 3 is 2.67 bits per heavy atom. The van der Waals surface area contributed by atoms with E-state index in [1.807, 2.05) is 6.92 Å². The van der Waals surface area contributed by atoms with Gasteiger partial charge in [0.15, 0.2) is 5.78 Å². The Morgan fingerprint density at radius 2 is 2.05 bits per heavy atom. The van der Waals surface area contributed by atoms with E-state index in [4.69, 9.17) is 16.2 Å². The van der Waals surface area contributed by atoms with Gasteiger partial charge >= 0.3 is 0 Å². The molecular formula is C29H46N6O4. The minimum absolute atomic E-state index is 0.109. The highest BCUT2D eigenvalue weighted by molar-refractivity contribution is 6.00. The van der Waals surface area contributed by atoms with Crippen molar-refractivity contribution in [3.63, 3.8) is 0 Å². The summed E-state index contributed by atoms with van der Waals surface area (Å²) in [6.45, 7) is 8.71. The van der Waals surface area contributed by atoms with Gasteiger partial charge in [-0.25, -0.2) is 4.99 Å². The number of carbonyl (C=O) groups is 2. The lowest BCUT2D eigenvalue weighted by Gasteiger charge is -2.23. The molecular weight excluding hydrogens is 496 g/mol. The molecule has 3 atom stereocenters. The fourth-order valence-electron chi connectivity index (χ4n) is 4.74. The van der Waals surface area contributed by atoms with Gasteiger partial charge in [0.25, 0.3) is 0 Å². The first kappa shape index (κ1) is 32.1. The van der Waals surface area contributed by atoms with E-state index in [9.17, 15) is 14.7 Å². The number of Topliss-reactive ketones (excluding diaryl/α,β-unsaturated/α-hetero) is 2. The van der Waals surface area contributed by atoms with Crippen LogP contribution in [-0.2, 0) is 14.3 Å². The van der Waals surface area contributed by atoms with Crippen LogP contribution in [0.1, 0.15) is 65.2 Å². The third-order valence-electron chi connectivity index (χ3n) is 7.04. The summed E-state index contributed by atoms with van der Waals surface area (Å²) in [5.74, 6) is -0.287. The number of aliphatic imine (C=N–C) groups is 3. The van der Waals surface area contributed by atoms with E-state index in [1.165, 1.54) is 6.21 Å². The molecule has 1 aliphatic carbocycles. The Hall–Kier alpha value is -3.11. The SMILES string of the molecule is C=NC(=C\C(=NCC(=O)/C(CCC)=C(\N)[C@H]1CCCCC1=O)OCC1CCCN1C)/C(N)=C/C=NC[C@H](C)O. The topological polar surface area (TPSA) is 156 Å². The van der Waals surface area contributed by atoms with Crippen molar-refractivity contribution in [1.29, 1.82) is 0 Å². The average molecular weight is 543 g/mol. The molecule has 10 heteroatoms. The van der Waals surface area contributed by atoms with E-state index < -0.39 is 12.0 Å².